The van der Waals surface area contributed by atoms with Gasteiger partial charge in [0.15, 0.2) is 0 Å². The average Bonchev–Trinajstić information content (AvgIpc) is 3.21. The maximum atomic E-state index is 11.7. The summed E-state index contributed by atoms with van der Waals surface area (Å²) in [6, 6.07) is 3.90. The standard InChI is InChI=1S/C15H16BrN3O3S/c16-11-4-3-10(23-11)13-17-12(22-18-13)7-19-6-9-2-1-5-15(9,8-19)14(20)21/h3-4,9H,1-2,5-8H2,(H,20,21)/t9-,15+/m0/s1. The Labute approximate surface area is 145 Å². The minimum atomic E-state index is -0.655. The van der Waals surface area contributed by atoms with E-state index in [2.05, 4.69) is 31.0 Å². The molecule has 8 heteroatoms. The third-order valence-corrected chi connectivity index (χ3v) is 6.61. The fraction of sp³-hybridized carbons (Fsp3) is 0.533. The van der Waals surface area contributed by atoms with Gasteiger partial charge in [0.05, 0.1) is 20.6 Å². The number of fused-ring (bicyclic) bond motifs is 1. The minimum Gasteiger partial charge on any atom is -0.481 e. The molecule has 4 rings (SSSR count). The number of hydrogen-bond acceptors (Lipinski definition) is 6. The summed E-state index contributed by atoms with van der Waals surface area (Å²) in [4.78, 5) is 19.2. The van der Waals surface area contributed by atoms with Gasteiger partial charge in [0.2, 0.25) is 11.7 Å². The molecule has 3 heterocycles. The van der Waals surface area contributed by atoms with Gasteiger partial charge in [0.1, 0.15) is 0 Å². The molecule has 1 aliphatic carbocycles. The van der Waals surface area contributed by atoms with E-state index in [0.717, 1.165) is 34.5 Å². The molecule has 122 valence electrons. The van der Waals surface area contributed by atoms with Gasteiger partial charge in [-0.25, -0.2) is 0 Å². The number of thiophene rings is 1. The maximum Gasteiger partial charge on any atom is 0.311 e. The molecule has 2 aromatic rings. The lowest BCUT2D eigenvalue weighted by molar-refractivity contribution is -0.149. The largest absolute Gasteiger partial charge is 0.481 e. The molecular weight excluding hydrogens is 382 g/mol. The number of rotatable bonds is 4. The average molecular weight is 398 g/mol. The van der Waals surface area contributed by atoms with Gasteiger partial charge in [-0.2, -0.15) is 4.98 Å². The first-order chi connectivity index (χ1) is 11.1. The number of halogens is 1. The van der Waals surface area contributed by atoms with Crippen LogP contribution in [0, 0.1) is 11.3 Å². The van der Waals surface area contributed by atoms with Gasteiger partial charge >= 0.3 is 5.97 Å². The minimum absolute atomic E-state index is 0.246. The number of carboxylic acids is 1. The van der Waals surface area contributed by atoms with E-state index in [-0.39, 0.29) is 5.92 Å². The van der Waals surface area contributed by atoms with Gasteiger partial charge in [0, 0.05) is 13.1 Å². The SMILES string of the molecule is O=C(O)[C@@]12CCC[C@H]1CN(Cc1nc(-c3ccc(Br)s3)no1)C2. The van der Waals surface area contributed by atoms with Gasteiger partial charge in [-0.15, -0.1) is 11.3 Å². The van der Waals surface area contributed by atoms with Crippen LogP contribution in [-0.2, 0) is 11.3 Å². The van der Waals surface area contributed by atoms with E-state index in [1.54, 1.807) is 11.3 Å². The number of hydrogen-bond donors (Lipinski definition) is 1. The van der Waals surface area contributed by atoms with E-state index < -0.39 is 11.4 Å². The highest BCUT2D eigenvalue weighted by molar-refractivity contribution is 9.11. The van der Waals surface area contributed by atoms with Crippen molar-refractivity contribution in [2.45, 2.75) is 25.8 Å². The third-order valence-electron chi connectivity index (χ3n) is 4.99. The van der Waals surface area contributed by atoms with Gasteiger partial charge in [-0.3, -0.25) is 9.69 Å². The van der Waals surface area contributed by atoms with Crippen molar-refractivity contribution >= 4 is 33.2 Å². The Morgan fingerprint density at radius 2 is 2.43 bits per heavy atom. The molecular formula is C15H16BrN3O3S. The lowest BCUT2D eigenvalue weighted by atomic mass is 9.81. The van der Waals surface area contributed by atoms with Crippen LogP contribution >= 0.6 is 27.3 Å². The van der Waals surface area contributed by atoms with Crippen molar-refractivity contribution in [3.63, 3.8) is 0 Å². The van der Waals surface area contributed by atoms with Gasteiger partial charge in [0.25, 0.3) is 0 Å². The van der Waals surface area contributed by atoms with E-state index >= 15 is 0 Å². The molecule has 0 aromatic carbocycles. The molecule has 0 unspecified atom stereocenters. The van der Waals surface area contributed by atoms with Gasteiger partial charge < -0.3 is 9.63 Å². The fourth-order valence-corrected chi connectivity index (χ4v) is 5.22. The Morgan fingerprint density at radius 3 is 3.13 bits per heavy atom. The summed E-state index contributed by atoms with van der Waals surface area (Å²) >= 11 is 4.98. The number of nitrogens with zero attached hydrogens (tertiary/aromatic N) is 3. The number of likely N-dealkylation sites (tertiary alicyclic amines) is 1. The van der Waals surface area contributed by atoms with Crippen molar-refractivity contribution in [1.29, 1.82) is 0 Å². The molecule has 0 amide bonds. The summed E-state index contributed by atoms with van der Waals surface area (Å²) in [7, 11) is 0. The summed E-state index contributed by atoms with van der Waals surface area (Å²) in [6.07, 6.45) is 2.80. The molecule has 1 saturated heterocycles. The van der Waals surface area contributed by atoms with Crippen LogP contribution in [0.25, 0.3) is 10.7 Å². The molecule has 0 radical (unpaired) electrons. The molecule has 1 N–H and O–H groups in total. The van der Waals surface area contributed by atoms with E-state index in [0.29, 0.717) is 24.8 Å². The van der Waals surface area contributed by atoms with E-state index in [9.17, 15) is 9.90 Å². The third kappa shape index (κ3) is 2.62. The lowest BCUT2D eigenvalue weighted by Gasteiger charge is -2.23. The fourth-order valence-electron chi connectivity index (χ4n) is 3.91. The topological polar surface area (TPSA) is 79.5 Å². The van der Waals surface area contributed by atoms with E-state index in [1.807, 2.05) is 12.1 Å². The summed E-state index contributed by atoms with van der Waals surface area (Å²) in [6.45, 7) is 1.90. The van der Waals surface area contributed by atoms with Crippen LogP contribution in [0.15, 0.2) is 20.4 Å². The molecule has 23 heavy (non-hydrogen) atoms. The van der Waals surface area contributed by atoms with Crippen LogP contribution in [0.5, 0.6) is 0 Å². The Hall–Kier alpha value is -1.25. The van der Waals surface area contributed by atoms with Crippen molar-refractivity contribution in [3.05, 3.63) is 21.8 Å². The molecule has 1 aliphatic heterocycles. The quantitative estimate of drug-likeness (QED) is 0.852. The second-order valence-electron chi connectivity index (χ2n) is 6.34. The molecule has 2 aliphatic rings. The predicted molar refractivity (Wildman–Crippen MR) is 88.0 cm³/mol. The Morgan fingerprint density at radius 1 is 1.57 bits per heavy atom. The van der Waals surface area contributed by atoms with Gasteiger partial charge in [-0.1, -0.05) is 11.6 Å². The highest BCUT2D eigenvalue weighted by Crippen LogP contribution is 2.49. The van der Waals surface area contributed by atoms with Crippen LogP contribution in [0.4, 0.5) is 0 Å². The van der Waals surface area contributed by atoms with Crippen molar-refractivity contribution < 1.29 is 14.4 Å². The zero-order valence-corrected chi connectivity index (χ0v) is 14.8. The lowest BCUT2D eigenvalue weighted by Crippen LogP contribution is -2.35. The zero-order chi connectivity index (χ0) is 16.0. The van der Waals surface area contributed by atoms with E-state index in [4.69, 9.17) is 4.52 Å². The number of aromatic nitrogens is 2. The number of carboxylic acid groups (broad SMARTS) is 1. The van der Waals surface area contributed by atoms with Crippen LogP contribution in [0.1, 0.15) is 25.2 Å². The predicted octanol–water partition coefficient (Wildman–Crippen LogP) is 3.25. The molecule has 2 atom stereocenters. The normalized spacial score (nSPS) is 27.4. The van der Waals surface area contributed by atoms with Crippen molar-refractivity contribution in [2.75, 3.05) is 13.1 Å². The van der Waals surface area contributed by atoms with Crippen molar-refractivity contribution in [2.24, 2.45) is 11.3 Å². The van der Waals surface area contributed by atoms with Crippen molar-refractivity contribution in [3.8, 4) is 10.7 Å². The Bertz CT molecular complexity index is 746. The highest BCUT2D eigenvalue weighted by atomic mass is 79.9. The molecule has 0 bridgehead atoms. The Kier molecular flexibility index (Phi) is 3.78. The maximum absolute atomic E-state index is 11.7. The zero-order valence-electron chi connectivity index (χ0n) is 12.4. The first kappa shape index (κ1) is 15.3. The summed E-state index contributed by atoms with van der Waals surface area (Å²) in [5, 5.41) is 13.7. The summed E-state index contributed by atoms with van der Waals surface area (Å²) in [5.41, 5.74) is -0.568. The smallest absolute Gasteiger partial charge is 0.311 e. The van der Waals surface area contributed by atoms with Crippen LogP contribution in [0.2, 0.25) is 0 Å². The first-order valence-electron chi connectivity index (χ1n) is 7.61. The molecule has 2 fully saturated rings. The van der Waals surface area contributed by atoms with Crippen molar-refractivity contribution in [1.82, 2.24) is 15.0 Å². The monoisotopic (exact) mass is 397 g/mol. The summed E-state index contributed by atoms with van der Waals surface area (Å²) in [5.74, 6) is 0.723. The summed E-state index contributed by atoms with van der Waals surface area (Å²) < 4.78 is 6.37. The second-order valence-corrected chi connectivity index (χ2v) is 8.80. The van der Waals surface area contributed by atoms with Crippen LogP contribution < -0.4 is 0 Å². The second kappa shape index (κ2) is 5.68. The Balaban J connectivity index is 1.48. The van der Waals surface area contributed by atoms with Crippen LogP contribution in [-0.4, -0.2) is 39.2 Å². The molecule has 1 saturated carbocycles. The highest BCUT2D eigenvalue weighted by Gasteiger charge is 2.54. The van der Waals surface area contributed by atoms with Crippen LogP contribution in [0.3, 0.4) is 0 Å². The van der Waals surface area contributed by atoms with E-state index in [1.165, 1.54) is 0 Å². The first-order valence-corrected chi connectivity index (χ1v) is 9.22. The molecule has 6 nitrogen and oxygen atoms in total. The molecule has 0 spiro atoms. The molecule has 2 aromatic heterocycles. The number of aliphatic carboxylic acids is 1. The van der Waals surface area contributed by atoms with Gasteiger partial charge in [-0.05, 0) is 46.8 Å². The number of carbonyl (C=O) groups is 1.